The smallest absolute Gasteiger partial charge is 0.0721 e. The van der Waals surface area contributed by atoms with Crippen LogP contribution in [0.4, 0.5) is 0 Å². The Morgan fingerprint density at radius 2 is 2.08 bits per heavy atom. The summed E-state index contributed by atoms with van der Waals surface area (Å²) < 4.78 is 0. The number of allylic oxidation sites excluding steroid dienone is 2. The van der Waals surface area contributed by atoms with E-state index in [1.165, 1.54) is 32.1 Å². The van der Waals surface area contributed by atoms with Crippen molar-refractivity contribution in [3.8, 4) is 0 Å². The highest BCUT2D eigenvalue weighted by atomic mass is 16.3. The Hall–Kier alpha value is -0.640. The maximum atomic E-state index is 10.4. The van der Waals surface area contributed by atoms with Crippen molar-refractivity contribution < 1.29 is 10.2 Å². The highest BCUT2D eigenvalue weighted by molar-refractivity contribution is 5.20. The summed E-state index contributed by atoms with van der Waals surface area (Å²) >= 11 is 0. The largest absolute Gasteiger partial charge is 0.392 e. The summed E-state index contributed by atoms with van der Waals surface area (Å²) in [7, 11) is 0. The Morgan fingerprint density at radius 1 is 1.25 bits per heavy atom. The van der Waals surface area contributed by atoms with Gasteiger partial charge in [-0.05, 0) is 56.9 Å². The van der Waals surface area contributed by atoms with Gasteiger partial charge >= 0.3 is 0 Å². The zero-order valence-corrected chi connectivity index (χ0v) is 15.4. The fraction of sp³-hybridized carbons (Fsp3) is 0.810. The summed E-state index contributed by atoms with van der Waals surface area (Å²) in [6.45, 7) is 2.97. The molecule has 0 heterocycles. The lowest BCUT2D eigenvalue weighted by Crippen LogP contribution is -2.18. The van der Waals surface area contributed by atoms with Crippen LogP contribution in [0.25, 0.3) is 0 Å². The van der Waals surface area contributed by atoms with E-state index in [-0.39, 0.29) is 18.1 Å². The predicted molar refractivity (Wildman–Crippen MR) is 101 cm³/mol. The Balaban J connectivity index is 1.79. The highest BCUT2D eigenvalue weighted by Crippen LogP contribution is 2.48. The second-order valence-corrected chi connectivity index (χ2v) is 7.78. The zero-order valence-electron chi connectivity index (χ0n) is 15.4. The molecule has 0 spiro atoms. The third-order valence-electron chi connectivity index (χ3n) is 5.81. The quantitative estimate of drug-likeness (QED) is 0.396. The van der Waals surface area contributed by atoms with E-state index in [1.807, 2.05) is 6.08 Å². The van der Waals surface area contributed by atoms with Crippen LogP contribution < -0.4 is 5.73 Å². The molecule has 0 unspecified atom stereocenters. The van der Waals surface area contributed by atoms with Crippen LogP contribution in [0.2, 0.25) is 0 Å². The number of nitrogens with two attached hydrogens (primary N) is 1. The Bertz CT molecular complexity index is 418. The molecule has 138 valence electrons. The van der Waals surface area contributed by atoms with Crippen molar-refractivity contribution in [1.82, 2.24) is 0 Å². The molecule has 2 aliphatic rings. The summed E-state index contributed by atoms with van der Waals surface area (Å²) in [5.74, 6) is 1.30. The third-order valence-corrected chi connectivity index (χ3v) is 5.81. The molecule has 1 fully saturated rings. The first-order valence-corrected chi connectivity index (χ1v) is 10.1. The Kier molecular flexibility index (Phi) is 8.51. The van der Waals surface area contributed by atoms with Crippen LogP contribution >= 0.6 is 0 Å². The van der Waals surface area contributed by atoms with E-state index < -0.39 is 0 Å². The molecule has 0 aliphatic heterocycles. The van der Waals surface area contributed by atoms with Crippen LogP contribution in [0, 0.1) is 17.8 Å². The van der Waals surface area contributed by atoms with E-state index in [0.29, 0.717) is 11.8 Å². The molecule has 2 rings (SSSR count). The molecule has 3 heteroatoms. The molecule has 0 radical (unpaired) electrons. The van der Waals surface area contributed by atoms with Crippen molar-refractivity contribution in [2.75, 3.05) is 6.54 Å². The van der Waals surface area contributed by atoms with Crippen molar-refractivity contribution in [3.05, 3.63) is 23.8 Å². The van der Waals surface area contributed by atoms with E-state index >= 15 is 0 Å². The number of rotatable bonds is 11. The summed E-state index contributed by atoms with van der Waals surface area (Å²) in [4.78, 5) is 0. The van der Waals surface area contributed by atoms with Gasteiger partial charge in [0.25, 0.3) is 0 Å². The van der Waals surface area contributed by atoms with E-state index in [4.69, 9.17) is 5.73 Å². The first kappa shape index (κ1) is 19.7. The van der Waals surface area contributed by atoms with Gasteiger partial charge < -0.3 is 15.9 Å². The molecule has 3 nitrogen and oxygen atoms in total. The van der Waals surface area contributed by atoms with Crippen molar-refractivity contribution in [1.29, 1.82) is 0 Å². The topological polar surface area (TPSA) is 66.5 Å². The molecule has 0 aromatic heterocycles. The van der Waals surface area contributed by atoms with Crippen molar-refractivity contribution >= 4 is 0 Å². The number of hydrogen-bond donors (Lipinski definition) is 3. The lowest BCUT2D eigenvalue weighted by atomic mass is 9.88. The second kappa shape index (κ2) is 10.4. The van der Waals surface area contributed by atoms with Gasteiger partial charge in [0.15, 0.2) is 0 Å². The maximum absolute atomic E-state index is 10.4. The fourth-order valence-corrected chi connectivity index (χ4v) is 4.42. The Morgan fingerprint density at radius 3 is 2.83 bits per heavy atom. The van der Waals surface area contributed by atoms with Gasteiger partial charge in [-0.25, -0.2) is 0 Å². The molecular formula is C21H37NO2. The van der Waals surface area contributed by atoms with Crippen LogP contribution in [0.5, 0.6) is 0 Å². The van der Waals surface area contributed by atoms with Gasteiger partial charge in [0.05, 0.1) is 12.2 Å². The lowest BCUT2D eigenvalue weighted by Gasteiger charge is -2.19. The summed E-state index contributed by atoms with van der Waals surface area (Å²) in [5.41, 5.74) is 7.14. The van der Waals surface area contributed by atoms with Crippen LogP contribution in [-0.4, -0.2) is 29.0 Å². The standard InChI is InChI=1S/C21H37NO2/c1-2-3-5-9-18(23)10-11-19-20-14-16(8-6-4-7-12-22)13-17(20)15-21(19)24/h10-11,13,17-21,23-24H,2-9,12,14-15,22H2,1H3/t17-,18-,19+,20-,21+/m0/s1. The number of aliphatic hydroxyl groups is 2. The van der Waals surface area contributed by atoms with Gasteiger partial charge in [-0.15, -0.1) is 0 Å². The van der Waals surface area contributed by atoms with Gasteiger partial charge in [0, 0.05) is 5.92 Å². The van der Waals surface area contributed by atoms with Gasteiger partial charge in [-0.2, -0.15) is 0 Å². The number of aliphatic hydroxyl groups excluding tert-OH is 2. The van der Waals surface area contributed by atoms with E-state index in [9.17, 15) is 10.2 Å². The number of hydrogen-bond acceptors (Lipinski definition) is 3. The normalized spacial score (nSPS) is 30.8. The van der Waals surface area contributed by atoms with Crippen molar-refractivity contribution in [3.63, 3.8) is 0 Å². The first-order valence-electron chi connectivity index (χ1n) is 10.1. The molecule has 0 amide bonds. The average molecular weight is 336 g/mol. The van der Waals surface area contributed by atoms with Crippen LogP contribution in [0.3, 0.4) is 0 Å². The summed E-state index contributed by atoms with van der Waals surface area (Å²) in [6, 6.07) is 0. The molecule has 5 atom stereocenters. The number of unbranched alkanes of at least 4 members (excludes halogenated alkanes) is 4. The molecule has 0 aromatic rings. The first-order chi connectivity index (χ1) is 11.7. The molecule has 24 heavy (non-hydrogen) atoms. The minimum atomic E-state index is -0.354. The molecular weight excluding hydrogens is 298 g/mol. The van der Waals surface area contributed by atoms with Crippen molar-refractivity contribution in [2.24, 2.45) is 23.5 Å². The van der Waals surface area contributed by atoms with Gasteiger partial charge in [-0.3, -0.25) is 0 Å². The Labute approximate surface area is 148 Å². The van der Waals surface area contributed by atoms with Crippen LogP contribution in [-0.2, 0) is 0 Å². The maximum Gasteiger partial charge on any atom is 0.0721 e. The van der Waals surface area contributed by atoms with E-state index in [1.54, 1.807) is 5.57 Å². The minimum Gasteiger partial charge on any atom is -0.392 e. The van der Waals surface area contributed by atoms with Crippen molar-refractivity contribution in [2.45, 2.75) is 83.3 Å². The minimum absolute atomic E-state index is 0.216. The lowest BCUT2D eigenvalue weighted by molar-refractivity contribution is 0.139. The third kappa shape index (κ3) is 5.72. The van der Waals surface area contributed by atoms with Crippen LogP contribution in [0.15, 0.2) is 23.8 Å². The SMILES string of the molecule is CCCCC[C@H](O)C=C[C@@H]1[C@H]2CC(CCCCCN)=C[C@H]2C[C@H]1O. The monoisotopic (exact) mass is 335 g/mol. The molecule has 0 bridgehead atoms. The van der Waals surface area contributed by atoms with Crippen LogP contribution in [0.1, 0.15) is 71.1 Å². The number of fused-ring (bicyclic) bond motifs is 1. The fourth-order valence-electron chi connectivity index (χ4n) is 4.42. The average Bonchev–Trinajstić information content (AvgIpc) is 3.06. The molecule has 4 N–H and O–H groups in total. The summed E-state index contributed by atoms with van der Waals surface area (Å²) in [6.07, 6.45) is 17.0. The molecule has 1 saturated carbocycles. The zero-order chi connectivity index (χ0) is 17.4. The molecule has 0 aromatic carbocycles. The summed E-state index contributed by atoms with van der Waals surface area (Å²) in [5, 5.41) is 20.5. The molecule has 0 saturated heterocycles. The highest BCUT2D eigenvalue weighted by Gasteiger charge is 2.43. The second-order valence-electron chi connectivity index (χ2n) is 7.78. The van der Waals surface area contributed by atoms with E-state index in [0.717, 1.165) is 38.6 Å². The van der Waals surface area contributed by atoms with Gasteiger partial charge in [0.2, 0.25) is 0 Å². The van der Waals surface area contributed by atoms with E-state index in [2.05, 4.69) is 19.1 Å². The predicted octanol–water partition coefficient (Wildman–Crippen LogP) is 3.95. The van der Waals surface area contributed by atoms with Gasteiger partial charge in [0.1, 0.15) is 0 Å². The molecule has 2 aliphatic carbocycles. The van der Waals surface area contributed by atoms with Gasteiger partial charge in [-0.1, -0.05) is 56.4 Å².